The lowest BCUT2D eigenvalue weighted by atomic mass is 9.87. The Morgan fingerprint density at radius 2 is 0.833 bits per heavy atom. The maximum absolute atomic E-state index is 12.7. The van der Waals surface area contributed by atoms with Gasteiger partial charge in [-0.25, -0.2) is 0 Å². The second-order valence-corrected chi connectivity index (χ2v) is 17.5. The molecule has 0 saturated carbocycles. The third kappa shape index (κ3) is 6.78. The molecule has 10 rings (SSSR count). The van der Waals surface area contributed by atoms with E-state index in [1.807, 2.05) is 20.8 Å². The first kappa shape index (κ1) is 37.5. The smallest absolute Gasteiger partial charge is 0.145 e. The van der Waals surface area contributed by atoms with Gasteiger partial charge < -0.3 is 13.7 Å². The Morgan fingerprint density at radius 3 is 1.25 bits per heavy atom. The van der Waals surface area contributed by atoms with Crippen LogP contribution in [0.5, 0.6) is 0 Å². The largest absolute Gasteiger partial charge is 0.340 e. The van der Waals surface area contributed by atoms with Crippen molar-refractivity contribution in [2.75, 3.05) is 0 Å². The average Bonchev–Trinajstić information content (AvgIpc) is 3.89. The van der Waals surface area contributed by atoms with E-state index in [9.17, 15) is 9.59 Å². The number of rotatable bonds is 12. The van der Waals surface area contributed by atoms with Gasteiger partial charge in [-0.3, -0.25) is 9.59 Å². The van der Waals surface area contributed by atoms with Crippen LogP contribution >= 0.6 is 0 Å². The van der Waals surface area contributed by atoms with Gasteiger partial charge in [0.05, 0.1) is 17.5 Å². The van der Waals surface area contributed by atoms with Crippen LogP contribution in [-0.4, -0.2) is 25.3 Å². The summed E-state index contributed by atoms with van der Waals surface area (Å²) in [6.45, 7) is 7.39. The molecular weight excluding hydrogens is 735 g/mol. The number of carbonyl (C=O) groups excluding carboxylic acids is 2. The minimum absolute atomic E-state index is 0.000976. The molecule has 0 unspecified atom stereocenters. The Labute approximate surface area is 350 Å². The van der Waals surface area contributed by atoms with E-state index in [4.69, 9.17) is 0 Å². The number of para-hydroxylation sites is 4. The highest BCUT2D eigenvalue weighted by Gasteiger charge is 2.23. The summed E-state index contributed by atoms with van der Waals surface area (Å²) in [7, 11) is 0. The van der Waals surface area contributed by atoms with Gasteiger partial charge in [0.2, 0.25) is 0 Å². The van der Waals surface area contributed by atoms with Gasteiger partial charge in [0.15, 0.2) is 0 Å². The molecule has 0 fully saturated rings. The van der Waals surface area contributed by atoms with Gasteiger partial charge >= 0.3 is 0 Å². The predicted molar refractivity (Wildman–Crippen MR) is 249 cm³/mol. The number of Topliss-reactive ketones (excluding diaryl/α,β-unsaturated/α-hetero) is 2. The molecule has 0 N–H and O–H groups in total. The Kier molecular flexibility index (Phi) is 9.48. The van der Waals surface area contributed by atoms with Crippen molar-refractivity contribution < 1.29 is 9.59 Å². The molecule has 0 aliphatic rings. The highest BCUT2D eigenvalue weighted by molar-refractivity contribution is 6.11. The van der Waals surface area contributed by atoms with Crippen molar-refractivity contribution in [2.45, 2.75) is 66.0 Å². The molecule has 5 heteroatoms. The fourth-order valence-electron chi connectivity index (χ4n) is 9.31. The fourth-order valence-corrected chi connectivity index (χ4v) is 9.31. The van der Waals surface area contributed by atoms with Crippen LogP contribution in [0.2, 0.25) is 0 Å². The first-order valence-corrected chi connectivity index (χ1v) is 21.3. The number of ketones is 2. The van der Waals surface area contributed by atoms with Crippen molar-refractivity contribution in [1.29, 1.82) is 0 Å². The Morgan fingerprint density at radius 1 is 0.433 bits per heavy atom. The minimum Gasteiger partial charge on any atom is -0.340 e. The summed E-state index contributed by atoms with van der Waals surface area (Å²) in [6, 6.07) is 57.6. The Hall–Kier alpha value is -6.72. The van der Waals surface area contributed by atoms with Gasteiger partial charge in [0.1, 0.15) is 11.6 Å². The summed E-state index contributed by atoms with van der Waals surface area (Å²) in [5.41, 5.74) is 11.7. The first-order valence-electron chi connectivity index (χ1n) is 21.3. The average molecular weight is 784 g/mol. The summed E-state index contributed by atoms with van der Waals surface area (Å²) < 4.78 is 7.33. The van der Waals surface area contributed by atoms with E-state index in [1.54, 1.807) is 0 Å². The quantitative estimate of drug-likeness (QED) is 0.116. The summed E-state index contributed by atoms with van der Waals surface area (Å²) in [4.78, 5) is 25.2. The zero-order valence-corrected chi connectivity index (χ0v) is 34.6. The normalized spacial score (nSPS) is 12.2. The van der Waals surface area contributed by atoms with Crippen LogP contribution in [0.1, 0.15) is 50.3 Å². The second-order valence-electron chi connectivity index (χ2n) is 17.5. The van der Waals surface area contributed by atoms with Crippen LogP contribution in [0.25, 0.3) is 71.1 Å². The van der Waals surface area contributed by atoms with Crippen LogP contribution in [-0.2, 0) is 41.9 Å². The molecule has 10 aromatic rings. The van der Waals surface area contributed by atoms with E-state index in [1.165, 1.54) is 76.5 Å². The van der Waals surface area contributed by atoms with Crippen LogP contribution < -0.4 is 0 Å². The number of aryl methyl sites for hydroxylation is 5. The van der Waals surface area contributed by atoms with Crippen molar-refractivity contribution >= 4 is 77.0 Å². The van der Waals surface area contributed by atoms with Crippen LogP contribution in [0.3, 0.4) is 0 Å². The zero-order chi connectivity index (χ0) is 41.0. The molecule has 0 aliphatic heterocycles. The molecule has 3 heterocycles. The molecule has 296 valence electrons. The van der Waals surface area contributed by atoms with Gasteiger partial charge in [-0.05, 0) is 96.6 Å². The van der Waals surface area contributed by atoms with E-state index in [-0.39, 0.29) is 18.0 Å². The molecule has 0 atom stereocenters. The van der Waals surface area contributed by atoms with E-state index in [0.29, 0.717) is 12.8 Å². The summed E-state index contributed by atoms with van der Waals surface area (Å²) >= 11 is 0. The number of aromatic nitrogens is 3. The number of nitrogens with zero attached hydrogens (tertiary/aromatic N) is 3. The van der Waals surface area contributed by atoms with Gasteiger partial charge in [0.25, 0.3) is 0 Å². The summed E-state index contributed by atoms with van der Waals surface area (Å²) in [6.07, 6.45) is 2.81. The number of carbonyl (C=O) groups is 2. The summed E-state index contributed by atoms with van der Waals surface area (Å²) in [5.74, 6) is 0.00301. The third-order valence-electron chi connectivity index (χ3n) is 12.6. The van der Waals surface area contributed by atoms with Crippen molar-refractivity contribution in [3.05, 3.63) is 174 Å². The lowest BCUT2D eigenvalue weighted by molar-refractivity contribution is -0.131. The minimum atomic E-state index is -0.500. The number of benzene rings is 7. The van der Waals surface area contributed by atoms with Crippen LogP contribution in [0.4, 0.5) is 0 Å². The molecule has 0 spiro atoms. The fraction of sp³-hybridized carbons (Fsp3) is 0.200. The Bertz CT molecular complexity index is 2980. The summed E-state index contributed by atoms with van der Waals surface area (Å²) in [5, 5.41) is 7.70. The van der Waals surface area contributed by atoms with Crippen molar-refractivity contribution in [3.8, 4) is 5.69 Å². The van der Waals surface area contributed by atoms with E-state index < -0.39 is 5.41 Å². The maximum Gasteiger partial charge on any atom is 0.145 e. The van der Waals surface area contributed by atoms with E-state index in [0.717, 1.165) is 37.2 Å². The zero-order valence-electron chi connectivity index (χ0n) is 34.6. The molecule has 0 amide bonds. The molecule has 0 bridgehead atoms. The molecule has 3 aromatic heterocycles. The van der Waals surface area contributed by atoms with Crippen molar-refractivity contribution in [2.24, 2.45) is 5.41 Å². The lowest BCUT2D eigenvalue weighted by Crippen LogP contribution is -2.23. The molecule has 60 heavy (non-hydrogen) atoms. The number of hydrogen-bond donors (Lipinski definition) is 0. The van der Waals surface area contributed by atoms with Gasteiger partial charge in [0, 0.05) is 85.0 Å². The molecule has 0 radical (unpaired) electrons. The molecule has 5 nitrogen and oxygen atoms in total. The van der Waals surface area contributed by atoms with Crippen molar-refractivity contribution in [3.63, 3.8) is 0 Å². The topological polar surface area (TPSA) is 48.9 Å². The first-order chi connectivity index (χ1) is 29.2. The van der Waals surface area contributed by atoms with E-state index in [2.05, 4.69) is 171 Å². The standard InChI is InChI=1S/C55H49N3O2/c1-55(2,3)54(60)36-41(59)27-22-37-20-25-40(26-21-37)58-52-28-23-38(30-32-56-48-16-8-4-12-42(48)43-13-5-9-17-49(43)56)34-46(52)47-35-39(24-29-53(47)58)31-33-57-50-18-10-6-14-44(50)45-15-7-11-19-51(45)57/h4-21,23-26,28-29,34-35H,22,27,30-33,36H2,1-3H3. The Balaban J connectivity index is 0.995. The molecule has 0 saturated heterocycles. The SMILES string of the molecule is CC(C)(C)C(=O)CC(=O)CCc1ccc(-n2c3ccc(CCn4c5ccccc5c5ccccc54)cc3c3cc(CCn4c5ccccc5c5ccccc54)ccc32)cc1. The second kappa shape index (κ2) is 15.1. The maximum atomic E-state index is 12.7. The number of hydrogen-bond acceptors (Lipinski definition) is 2. The van der Waals surface area contributed by atoms with Gasteiger partial charge in [-0.2, -0.15) is 0 Å². The monoisotopic (exact) mass is 783 g/mol. The third-order valence-corrected chi connectivity index (χ3v) is 12.6. The van der Waals surface area contributed by atoms with Gasteiger partial charge in [-0.15, -0.1) is 0 Å². The molecule has 0 aliphatic carbocycles. The molecule has 7 aromatic carbocycles. The predicted octanol–water partition coefficient (Wildman–Crippen LogP) is 13.0. The lowest BCUT2D eigenvalue weighted by Gasteiger charge is -2.15. The van der Waals surface area contributed by atoms with Gasteiger partial charge in [-0.1, -0.05) is 118 Å². The highest BCUT2D eigenvalue weighted by atomic mass is 16.1. The molecular formula is C55H49N3O2. The van der Waals surface area contributed by atoms with Crippen LogP contribution in [0, 0.1) is 5.41 Å². The highest BCUT2D eigenvalue weighted by Crippen LogP contribution is 2.36. The van der Waals surface area contributed by atoms with E-state index >= 15 is 0 Å². The number of fused-ring (bicyclic) bond motifs is 9. The van der Waals surface area contributed by atoms with Crippen molar-refractivity contribution in [1.82, 2.24) is 13.7 Å². The van der Waals surface area contributed by atoms with Crippen LogP contribution in [0.15, 0.2) is 158 Å².